The zero-order chi connectivity index (χ0) is 15.2. The fraction of sp³-hybridized carbons (Fsp3) is 0.467. The number of nitrogens with zero attached hydrogens (tertiary/aromatic N) is 4. The van der Waals surface area contributed by atoms with Crippen molar-refractivity contribution in [1.29, 1.82) is 0 Å². The molecule has 0 spiro atoms. The van der Waals surface area contributed by atoms with Gasteiger partial charge in [-0.2, -0.15) is 0 Å². The predicted molar refractivity (Wildman–Crippen MR) is 82.5 cm³/mol. The smallest absolute Gasteiger partial charge is 0.233 e. The second kappa shape index (κ2) is 6.97. The van der Waals surface area contributed by atoms with Crippen molar-refractivity contribution in [3.63, 3.8) is 0 Å². The lowest BCUT2D eigenvalue weighted by atomic mass is 10.2. The molecule has 0 aliphatic carbocycles. The highest BCUT2D eigenvalue weighted by molar-refractivity contribution is 5.56. The molecule has 2 aromatic heterocycles. The van der Waals surface area contributed by atoms with E-state index in [0.717, 1.165) is 36.5 Å². The Hall–Kier alpha value is -2.24. The van der Waals surface area contributed by atoms with Gasteiger partial charge in [-0.05, 0) is 25.8 Å². The van der Waals surface area contributed by atoms with Crippen molar-refractivity contribution in [3.8, 4) is 17.4 Å². The van der Waals surface area contributed by atoms with Gasteiger partial charge in [-0.1, -0.05) is 13.8 Å². The van der Waals surface area contributed by atoms with E-state index in [1.54, 1.807) is 13.2 Å². The highest BCUT2D eigenvalue weighted by atomic mass is 16.5. The predicted octanol–water partition coefficient (Wildman–Crippen LogP) is 2.63. The Morgan fingerprint density at radius 3 is 2.52 bits per heavy atom. The summed E-state index contributed by atoms with van der Waals surface area (Å²) in [5.74, 6) is 1.94. The lowest BCUT2D eigenvalue weighted by Gasteiger charge is -2.12. The number of anilines is 1. The molecule has 0 unspecified atom stereocenters. The van der Waals surface area contributed by atoms with Crippen LogP contribution in [-0.2, 0) is 6.42 Å². The maximum atomic E-state index is 5.02. The summed E-state index contributed by atoms with van der Waals surface area (Å²) in [7, 11) is 1.56. The van der Waals surface area contributed by atoms with Crippen molar-refractivity contribution in [2.75, 3.05) is 19.0 Å². The molecule has 0 aliphatic heterocycles. The van der Waals surface area contributed by atoms with Crippen molar-refractivity contribution in [1.82, 2.24) is 20.2 Å². The summed E-state index contributed by atoms with van der Waals surface area (Å²) in [5, 5.41) is 11.4. The maximum Gasteiger partial charge on any atom is 0.233 e. The van der Waals surface area contributed by atoms with Gasteiger partial charge in [0.2, 0.25) is 5.88 Å². The van der Waals surface area contributed by atoms with Crippen molar-refractivity contribution in [3.05, 3.63) is 23.4 Å². The fourth-order valence-electron chi connectivity index (χ4n) is 1.99. The van der Waals surface area contributed by atoms with Crippen LogP contribution in [0.1, 0.15) is 31.5 Å². The minimum Gasteiger partial charge on any atom is -0.480 e. The Bertz CT molecular complexity index is 598. The topological polar surface area (TPSA) is 72.8 Å². The monoisotopic (exact) mass is 287 g/mol. The molecule has 0 aliphatic rings. The van der Waals surface area contributed by atoms with Crippen LogP contribution in [0, 0.1) is 6.92 Å². The van der Waals surface area contributed by atoms with Gasteiger partial charge in [0.25, 0.3) is 0 Å². The molecule has 0 amide bonds. The van der Waals surface area contributed by atoms with Crippen LogP contribution in [-0.4, -0.2) is 33.8 Å². The molecule has 0 saturated heterocycles. The van der Waals surface area contributed by atoms with Crippen molar-refractivity contribution in [2.45, 2.75) is 33.6 Å². The zero-order valence-electron chi connectivity index (χ0n) is 13.0. The van der Waals surface area contributed by atoms with Crippen LogP contribution in [0.5, 0.6) is 5.88 Å². The third-order valence-electron chi connectivity index (χ3n) is 3.20. The van der Waals surface area contributed by atoms with Gasteiger partial charge in [0.15, 0.2) is 5.82 Å². The number of ether oxygens (including phenoxy) is 1. The van der Waals surface area contributed by atoms with E-state index in [9.17, 15) is 0 Å². The molecule has 0 radical (unpaired) electrons. The van der Waals surface area contributed by atoms with E-state index < -0.39 is 0 Å². The first-order valence-corrected chi connectivity index (χ1v) is 7.19. The average Bonchev–Trinajstić information content (AvgIpc) is 2.54. The molecular weight excluding hydrogens is 266 g/mol. The minimum atomic E-state index is 0.478. The number of nitrogens with one attached hydrogen (secondary N) is 1. The Labute approximate surface area is 125 Å². The molecule has 0 atom stereocenters. The van der Waals surface area contributed by atoms with E-state index in [-0.39, 0.29) is 0 Å². The normalized spacial score (nSPS) is 10.5. The number of methoxy groups -OCH3 is 1. The Morgan fingerprint density at radius 1 is 1.14 bits per heavy atom. The van der Waals surface area contributed by atoms with Crippen molar-refractivity contribution >= 4 is 5.82 Å². The van der Waals surface area contributed by atoms with Crippen LogP contribution in [0.25, 0.3) is 11.5 Å². The molecule has 0 fully saturated rings. The largest absolute Gasteiger partial charge is 0.480 e. The van der Waals surface area contributed by atoms with Gasteiger partial charge >= 0.3 is 0 Å². The lowest BCUT2D eigenvalue weighted by Crippen LogP contribution is -2.09. The Kier molecular flexibility index (Phi) is 5.03. The molecular formula is C15H21N5O. The molecule has 6 nitrogen and oxygen atoms in total. The van der Waals surface area contributed by atoms with Crippen LogP contribution in [0.15, 0.2) is 12.1 Å². The first kappa shape index (κ1) is 15.2. The van der Waals surface area contributed by atoms with Crippen LogP contribution in [0.2, 0.25) is 0 Å². The second-order valence-electron chi connectivity index (χ2n) is 4.71. The summed E-state index contributed by atoms with van der Waals surface area (Å²) in [6, 6.07) is 3.58. The minimum absolute atomic E-state index is 0.478. The van der Waals surface area contributed by atoms with E-state index in [1.165, 1.54) is 0 Å². The Morgan fingerprint density at radius 2 is 1.95 bits per heavy atom. The molecule has 2 rings (SSSR count). The van der Waals surface area contributed by atoms with Gasteiger partial charge in [-0.15, -0.1) is 10.2 Å². The standard InChI is InChI=1S/C15H21N5O/c1-5-9-16-14-10(3)11(6-2)17-15(18-14)12-7-8-13(21-4)20-19-12/h7-8H,5-6,9H2,1-4H3,(H,16,17,18). The molecule has 0 aromatic carbocycles. The van der Waals surface area contributed by atoms with E-state index >= 15 is 0 Å². The van der Waals surface area contributed by atoms with Crippen LogP contribution in [0.3, 0.4) is 0 Å². The van der Waals surface area contributed by atoms with Gasteiger partial charge in [-0.3, -0.25) is 0 Å². The molecule has 0 saturated carbocycles. The highest BCUT2D eigenvalue weighted by Gasteiger charge is 2.12. The molecule has 6 heteroatoms. The number of aryl methyl sites for hydroxylation is 1. The zero-order valence-corrected chi connectivity index (χ0v) is 13.0. The summed E-state index contributed by atoms with van der Waals surface area (Å²) >= 11 is 0. The summed E-state index contributed by atoms with van der Waals surface area (Å²) in [4.78, 5) is 9.17. The average molecular weight is 287 g/mol. The number of hydrogen-bond acceptors (Lipinski definition) is 6. The van der Waals surface area contributed by atoms with Crippen LogP contribution >= 0.6 is 0 Å². The number of rotatable bonds is 6. The van der Waals surface area contributed by atoms with Crippen LogP contribution < -0.4 is 10.1 Å². The van der Waals surface area contributed by atoms with Gasteiger partial charge in [0.1, 0.15) is 11.5 Å². The van der Waals surface area contributed by atoms with E-state index in [0.29, 0.717) is 17.4 Å². The van der Waals surface area contributed by atoms with Crippen molar-refractivity contribution < 1.29 is 4.74 Å². The van der Waals surface area contributed by atoms with Gasteiger partial charge in [-0.25, -0.2) is 9.97 Å². The summed E-state index contributed by atoms with van der Waals surface area (Å²) in [5.41, 5.74) is 2.76. The molecule has 0 bridgehead atoms. The van der Waals surface area contributed by atoms with E-state index in [2.05, 4.69) is 39.3 Å². The van der Waals surface area contributed by atoms with Gasteiger partial charge < -0.3 is 10.1 Å². The summed E-state index contributed by atoms with van der Waals surface area (Å²) in [6.45, 7) is 7.14. The first-order chi connectivity index (χ1) is 10.2. The fourth-order valence-corrected chi connectivity index (χ4v) is 1.99. The number of aromatic nitrogens is 4. The van der Waals surface area contributed by atoms with E-state index in [4.69, 9.17) is 4.74 Å². The highest BCUT2D eigenvalue weighted by Crippen LogP contribution is 2.21. The second-order valence-corrected chi connectivity index (χ2v) is 4.71. The molecule has 21 heavy (non-hydrogen) atoms. The SMILES string of the molecule is CCCNc1nc(-c2ccc(OC)nn2)nc(CC)c1C. The third kappa shape index (κ3) is 3.45. The lowest BCUT2D eigenvalue weighted by molar-refractivity contribution is 0.392. The number of hydrogen-bond donors (Lipinski definition) is 1. The van der Waals surface area contributed by atoms with Gasteiger partial charge in [0, 0.05) is 23.9 Å². The van der Waals surface area contributed by atoms with Crippen LogP contribution in [0.4, 0.5) is 5.82 Å². The molecule has 2 heterocycles. The maximum absolute atomic E-state index is 5.02. The van der Waals surface area contributed by atoms with E-state index in [1.807, 2.05) is 13.0 Å². The van der Waals surface area contributed by atoms with Gasteiger partial charge in [0.05, 0.1) is 7.11 Å². The summed E-state index contributed by atoms with van der Waals surface area (Å²) < 4.78 is 5.02. The summed E-state index contributed by atoms with van der Waals surface area (Å²) in [6.07, 6.45) is 1.90. The Balaban J connectivity index is 2.41. The quantitative estimate of drug-likeness (QED) is 0.880. The first-order valence-electron chi connectivity index (χ1n) is 7.19. The van der Waals surface area contributed by atoms with Crippen molar-refractivity contribution in [2.24, 2.45) is 0 Å². The molecule has 2 aromatic rings. The molecule has 1 N–H and O–H groups in total. The third-order valence-corrected chi connectivity index (χ3v) is 3.20. The molecule has 112 valence electrons.